The molecule has 1 rings (SSSR count). The van der Waals surface area contributed by atoms with E-state index in [0.717, 1.165) is 11.8 Å². The Morgan fingerprint density at radius 3 is 2.53 bits per heavy atom. The number of carbonyl (C=O) groups excluding carboxylic acids is 1. The van der Waals surface area contributed by atoms with Gasteiger partial charge in [0.05, 0.1) is 27.4 Å². The molecule has 1 atom stereocenters. The third kappa shape index (κ3) is 4.07. The summed E-state index contributed by atoms with van der Waals surface area (Å²) >= 11 is 0. The first-order valence-electron chi connectivity index (χ1n) is 5.45. The molecule has 4 heteroatoms. The highest BCUT2D eigenvalue weighted by Crippen LogP contribution is 2.27. The van der Waals surface area contributed by atoms with Crippen molar-refractivity contribution in [1.29, 1.82) is 0 Å². The molecule has 4 nitrogen and oxygen atoms in total. The molecule has 0 aromatic heterocycles. The molecule has 1 aromatic rings. The van der Waals surface area contributed by atoms with Crippen LogP contribution in [0.2, 0.25) is 0 Å². The van der Waals surface area contributed by atoms with Gasteiger partial charge in [0.1, 0.15) is 6.29 Å². The Hall–Kier alpha value is -1.55. The SMILES string of the molecule is COc1ccc(COC[C@@H](C)C=O)cc1OC. The molecule has 0 unspecified atom stereocenters. The van der Waals surface area contributed by atoms with Crippen molar-refractivity contribution in [3.8, 4) is 11.5 Å². The van der Waals surface area contributed by atoms with Crippen LogP contribution < -0.4 is 9.47 Å². The van der Waals surface area contributed by atoms with Gasteiger partial charge in [-0.1, -0.05) is 13.0 Å². The van der Waals surface area contributed by atoms with Crippen LogP contribution in [0.25, 0.3) is 0 Å². The van der Waals surface area contributed by atoms with Crippen LogP contribution in [0.4, 0.5) is 0 Å². The molecule has 0 fully saturated rings. The summed E-state index contributed by atoms with van der Waals surface area (Å²) in [6.45, 7) is 2.71. The molecule has 0 N–H and O–H groups in total. The Labute approximate surface area is 101 Å². The number of carbonyl (C=O) groups is 1. The van der Waals surface area contributed by atoms with Gasteiger partial charge in [-0.2, -0.15) is 0 Å². The van der Waals surface area contributed by atoms with Crippen molar-refractivity contribution in [2.75, 3.05) is 20.8 Å². The van der Waals surface area contributed by atoms with E-state index >= 15 is 0 Å². The van der Waals surface area contributed by atoms with Crippen molar-refractivity contribution >= 4 is 6.29 Å². The van der Waals surface area contributed by atoms with Gasteiger partial charge in [-0.3, -0.25) is 0 Å². The predicted octanol–water partition coefficient (Wildman–Crippen LogP) is 2.06. The molecule has 0 aliphatic heterocycles. The second kappa shape index (κ2) is 6.91. The number of methoxy groups -OCH3 is 2. The molecule has 0 saturated heterocycles. The molecule has 0 radical (unpaired) electrons. The Bertz CT molecular complexity index is 362. The maximum Gasteiger partial charge on any atom is 0.161 e. The molecular weight excluding hydrogens is 220 g/mol. The second-order valence-electron chi connectivity index (χ2n) is 3.82. The smallest absolute Gasteiger partial charge is 0.161 e. The maximum atomic E-state index is 10.4. The van der Waals surface area contributed by atoms with Gasteiger partial charge >= 0.3 is 0 Å². The van der Waals surface area contributed by atoms with E-state index in [1.807, 2.05) is 25.1 Å². The minimum atomic E-state index is -0.0739. The molecule has 0 amide bonds. The van der Waals surface area contributed by atoms with Crippen molar-refractivity contribution in [1.82, 2.24) is 0 Å². The lowest BCUT2D eigenvalue weighted by molar-refractivity contribution is -0.112. The number of ether oxygens (including phenoxy) is 3. The minimum absolute atomic E-state index is 0.0739. The fraction of sp³-hybridized carbons (Fsp3) is 0.462. The van der Waals surface area contributed by atoms with E-state index < -0.39 is 0 Å². The average Bonchev–Trinajstić information content (AvgIpc) is 2.38. The van der Waals surface area contributed by atoms with Gasteiger partial charge in [-0.15, -0.1) is 0 Å². The molecule has 17 heavy (non-hydrogen) atoms. The zero-order valence-corrected chi connectivity index (χ0v) is 10.4. The van der Waals surface area contributed by atoms with Crippen LogP contribution in [0.5, 0.6) is 11.5 Å². The van der Waals surface area contributed by atoms with Gasteiger partial charge in [0.15, 0.2) is 11.5 Å². The standard InChI is InChI=1S/C13H18O4/c1-10(7-14)8-17-9-11-4-5-12(15-2)13(6-11)16-3/h4-7,10H,8-9H2,1-3H3/t10-/m0/s1. The van der Waals surface area contributed by atoms with Crippen LogP contribution in [0.15, 0.2) is 18.2 Å². The van der Waals surface area contributed by atoms with Gasteiger partial charge in [-0.05, 0) is 17.7 Å². The monoisotopic (exact) mass is 238 g/mol. The summed E-state index contributed by atoms with van der Waals surface area (Å²) in [5.41, 5.74) is 0.987. The van der Waals surface area contributed by atoms with Crippen LogP contribution in [-0.4, -0.2) is 27.1 Å². The Balaban J connectivity index is 2.57. The molecule has 0 aliphatic carbocycles. The minimum Gasteiger partial charge on any atom is -0.493 e. The first-order valence-corrected chi connectivity index (χ1v) is 5.45. The molecule has 0 saturated carbocycles. The van der Waals surface area contributed by atoms with Crippen LogP contribution in [0.1, 0.15) is 12.5 Å². The quantitative estimate of drug-likeness (QED) is 0.682. The van der Waals surface area contributed by atoms with Crippen LogP contribution in [0.3, 0.4) is 0 Å². The molecule has 1 aromatic carbocycles. The van der Waals surface area contributed by atoms with E-state index in [9.17, 15) is 4.79 Å². The Morgan fingerprint density at radius 1 is 1.24 bits per heavy atom. The highest BCUT2D eigenvalue weighted by atomic mass is 16.5. The first kappa shape index (κ1) is 13.5. The average molecular weight is 238 g/mol. The molecular formula is C13H18O4. The summed E-state index contributed by atoms with van der Waals surface area (Å²) in [5, 5.41) is 0. The maximum absolute atomic E-state index is 10.4. The number of hydrogen-bond acceptors (Lipinski definition) is 4. The third-order valence-electron chi connectivity index (χ3n) is 2.33. The number of aldehydes is 1. The summed E-state index contributed by atoms with van der Waals surface area (Å²) < 4.78 is 15.7. The Kier molecular flexibility index (Phi) is 5.49. The normalized spacial score (nSPS) is 11.9. The predicted molar refractivity (Wildman–Crippen MR) is 64.4 cm³/mol. The van der Waals surface area contributed by atoms with Crippen molar-refractivity contribution in [2.45, 2.75) is 13.5 Å². The van der Waals surface area contributed by atoms with Gasteiger partial charge in [0.2, 0.25) is 0 Å². The zero-order valence-electron chi connectivity index (χ0n) is 10.4. The molecule has 0 aliphatic rings. The summed E-state index contributed by atoms with van der Waals surface area (Å²) in [6, 6.07) is 5.61. The van der Waals surface area contributed by atoms with Crippen molar-refractivity contribution in [2.24, 2.45) is 5.92 Å². The largest absolute Gasteiger partial charge is 0.493 e. The number of rotatable bonds is 7. The summed E-state index contributed by atoms with van der Waals surface area (Å²) in [6.07, 6.45) is 0.884. The molecule has 0 bridgehead atoms. The summed E-state index contributed by atoms with van der Waals surface area (Å²) in [5.74, 6) is 1.30. The van der Waals surface area contributed by atoms with Crippen LogP contribution in [-0.2, 0) is 16.1 Å². The topological polar surface area (TPSA) is 44.8 Å². The van der Waals surface area contributed by atoms with Crippen LogP contribution in [0, 0.1) is 5.92 Å². The number of benzene rings is 1. The van der Waals surface area contributed by atoms with E-state index in [0.29, 0.717) is 24.7 Å². The first-order chi connectivity index (χ1) is 8.21. The lowest BCUT2D eigenvalue weighted by Crippen LogP contribution is -2.06. The highest BCUT2D eigenvalue weighted by molar-refractivity contribution is 5.52. The fourth-order valence-corrected chi connectivity index (χ4v) is 1.37. The van der Waals surface area contributed by atoms with E-state index in [2.05, 4.69) is 0 Å². The van der Waals surface area contributed by atoms with E-state index in [-0.39, 0.29) is 5.92 Å². The van der Waals surface area contributed by atoms with Crippen molar-refractivity contribution in [3.05, 3.63) is 23.8 Å². The summed E-state index contributed by atoms with van der Waals surface area (Å²) in [7, 11) is 3.19. The van der Waals surface area contributed by atoms with Crippen molar-refractivity contribution in [3.63, 3.8) is 0 Å². The van der Waals surface area contributed by atoms with Gasteiger partial charge in [-0.25, -0.2) is 0 Å². The highest BCUT2D eigenvalue weighted by Gasteiger charge is 2.05. The zero-order chi connectivity index (χ0) is 12.7. The van der Waals surface area contributed by atoms with Crippen molar-refractivity contribution < 1.29 is 19.0 Å². The van der Waals surface area contributed by atoms with E-state index in [1.54, 1.807) is 14.2 Å². The number of hydrogen-bond donors (Lipinski definition) is 0. The van der Waals surface area contributed by atoms with Gasteiger partial charge < -0.3 is 19.0 Å². The van der Waals surface area contributed by atoms with E-state index in [1.165, 1.54) is 0 Å². The lowest BCUT2D eigenvalue weighted by atomic mass is 10.2. The Morgan fingerprint density at radius 2 is 1.94 bits per heavy atom. The molecule has 0 heterocycles. The second-order valence-corrected chi connectivity index (χ2v) is 3.82. The van der Waals surface area contributed by atoms with E-state index in [4.69, 9.17) is 14.2 Å². The molecule has 94 valence electrons. The fourth-order valence-electron chi connectivity index (χ4n) is 1.37. The summed E-state index contributed by atoms with van der Waals surface area (Å²) in [4.78, 5) is 10.4. The van der Waals surface area contributed by atoms with Gasteiger partial charge in [0.25, 0.3) is 0 Å². The molecule has 0 spiro atoms. The third-order valence-corrected chi connectivity index (χ3v) is 2.33. The van der Waals surface area contributed by atoms with Gasteiger partial charge in [0, 0.05) is 5.92 Å². The lowest BCUT2D eigenvalue weighted by Gasteiger charge is -2.10. The van der Waals surface area contributed by atoms with Crippen LogP contribution >= 0.6 is 0 Å².